The number of nitrogens with zero attached hydrogens (tertiary/aromatic N) is 4. The van der Waals surface area contributed by atoms with Crippen molar-refractivity contribution in [2.45, 2.75) is 20.4 Å². The maximum atomic E-state index is 4.98. The lowest BCUT2D eigenvalue weighted by molar-refractivity contribution is 0.392. The van der Waals surface area contributed by atoms with E-state index >= 15 is 0 Å². The lowest BCUT2D eigenvalue weighted by atomic mass is 10.1. The number of hydrogen-bond acceptors (Lipinski definition) is 6. The molecule has 2 rings (SSSR count). The van der Waals surface area contributed by atoms with Crippen molar-refractivity contribution in [1.29, 1.82) is 0 Å². The SMILES string of the molecule is CNCc1c(C)nc(-c2ccc(OC)nn2)nc1C. The van der Waals surface area contributed by atoms with Crippen LogP contribution in [-0.4, -0.2) is 34.3 Å². The highest BCUT2D eigenvalue weighted by molar-refractivity contribution is 5.50. The molecule has 6 heteroatoms. The molecule has 19 heavy (non-hydrogen) atoms. The van der Waals surface area contributed by atoms with Gasteiger partial charge in [-0.15, -0.1) is 10.2 Å². The Kier molecular flexibility index (Phi) is 4.01. The minimum Gasteiger partial charge on any atom is -0.480 e. The van der Waals surface area contributed by atoms with Gasteiger partial charge in [0.2, 0.25) is 5.88 Å². The van der Waals surface area contributed by atoms with Crippen molar-refractivity contribution in [3.8, 4) is 17.4 Å². The summed E-state index contributed by atoms with van der Waals surface area (Å²) in [7, 11) is 3.46. The molecule has 1 N–H and O–H groups in total. The van der Waals surface area contributed by atoms with Crippen molar-refractivity contribution in [3.05, 3.63) is 29.1 Å². The number of ether oxygens (including phenoxy) is 1. The lowest BCUT2D eigenvalue weighted by Gasteiger charge is -2.09. The highest BCUT2D eigenvalue weighted by atomic mass is 16.5. The Morgan fingerprint density at radius 1 is 1.11 bits per heavy atom. The van der Waals surface area contributed by atoms with E-state index in [1.165, 1.54) is 0 Å². The van der Waals surface area contributed by atoms with E-state index in [2.05, 4.69) is 25.5 Å². The number of aryl methyl sites for hydroxylation is 2. The number of methoxy groups -OCH3 is 1. The summed E-state index contributed by atoms with van der Waals surface area (Å²) in [5.74, 6) is 1.06. The van der Waals surface area contributed by atoms with Crippen molar-refractivity contribution >= 4 is 0 Å². The van der Waals surface area contributed by atoms with E-state index in [0.29, 0.717) is 17.4 Å². The molecule has 0 saturated heterocycles. The Bertz CT molecular complexity index is 545. The second-order valence-electron chi connectivity index (χ2n) is 4.19. The van der Waals surface area contributed by atoms with Crippen LogP contribution >= 0.6 is 0 Å². The summed E-state index contributed by atoms with van der Waals surface area (Å²) in [6.45, 7) is 4.70. The van der Waals surface area contributed by atoms with Crippen molar-refractivity contribution < 1.29 is 4.74 Å². The zero-order chi connectivity index (χ0) is 13.8. The van der Waals surface area contributed by atoms with Gasteiger partial charge in [-0.2, -0.15) is 0 Å². The van der Waals surface area contributed by atoms with Crippen LogP contribution in [0, 0.1) is 13.8 Å². The smallest absolute Gasteiger partial charge is 0.233 e. The molecule has 2 aromatic heterocycles. The standard InChI is InChI=1S/C13H17N5O/c1-8-10(7-14-3)9(2)16-13(15-8)11-5-6-12(19-4)18-17-11/h5-6,14H,7H2,1-4H3. The van der Waals surface area contributed by atoms with Crippen LogP contribution in [0.1, 0.15) is 17.0 Å². The molecule has 0 bridgehead atoms. The van der Waals surface area contributed by atoms with Gasteiger partial charge in [-0.3, -0.25) is 0 Å². The van der Waals surface area contributed by atoms with E-state index in [9.17, 15) is 0 Å². The molecule has 0 aliphatic heterocycles. The van der Waals surface area contributed by atoms with Crippen LogP contribution < -0.4 is 10.1 Å². The van der Waals surface area contributed by atoms with E-state index in [1.807, 2.05) is 20.9 Å². The van der Waals surface area contributed by atoms with Gasteiger partial charge in [0.15, 0.2) is 5.82 Å². The number of rotatable bonds is 4. The molecule has 0 aliphatic carbocycles. The topological polar surface area (TPSA) is 72.8 Å². The third-order valence-corrected chi connectivity index (χ3v) is 2.85. The summed E-state index contributed by atoms with van der Waals surface area (Å²) in [5.41, 5.74) is 3.67. The van der Waals surface area contributed by atoms with Gasteiger partial charge in [0, 0.05) is 29.6 Å². The fraction of sp³-hybridized carbons (Fsp3) is 0.385. The molecule has 0 saturated carbocycles. The molecule has 6 nitrogen and oxygen atoms in total. The predicted octanol–water partition coefficient (Wildman–Crippen LogP) is 1.28. The number of hydrogen-bond donors (Lipinski definition) is 1. The highest BCUT2D eigenvalue weighted by Gasteiger charge is 2.10. The summed E-state index contributed by atoms with van der Waals surface area (Å²) in [5, 5.41) is 11.1. The van der Waals surface area contributed by atoms with Crippen molar-refractivity contribution in [2.24, 2.45) is 0 Å². The quantitative estimate of drug-likeness (QED) is 0.891. The first kappa shape index (κ1) is 13.4. The summed E-state index contributed by atoms with van der Waals surface area (Å²) in [6.07, 6.45) is 0. The average Bonchev–Trinajstić information content (AvgIpc) is 2.43. The zero-order valence-electron chi connectivity index (χ0n) is 11.6. The van der Waals surface area contributed by atoms with Crippen LogP contribution in [0.15, 0.2) is 12.1 Å². The molecule has 0 unspecified atom stereocenters. The van der Waals surface area contributed by atoms with Crippen molar-refractivity contribution in [3.63, 3.8) is 0 Å². The monoisotopic (exact) mass is 259 g/mol. The third kappa shape index (κ3) is 2.85. The third-order valence-electron chi connectivity index (χ3n) is 2.85. The Labute approximate surface area is 112 Å². The van der Waals surface area contributed by atoms with Crippen molar-refractivity contribution in [2.75, 3.05) is 14.2 Å². The van der Waals surface area contributed by atoms with Crippen LogP contribution in [0.3, 0.4) is 0 Å². The van der Waals surface area contributed by atoms with E-state index < -0.39 is 0 Å². The minimum absolute atomic E-state index is 0.476. The van der Waals surface area contributed by atoms with E-state index in [1.54, 1.807) is 19.2 Å². The average molecular weight is 259 g/mol. The number of nitrogens with one attached hydrogen (secondary N) is 1. The van der Waals surface area contributed by atoms with E-state index in [4.69, 9.17) is 4.74 Å². The predicted molar refractivity (Wildman–Crippen MR) is 71.8 cm³/mol. The van der Waals surface area contributed by atoms with E-state index in [0.717, 1.165) is 23.5 Å². The molecule has 0 aliphatic rings. The van der Waals surface area contributed by atoms with Gasteiger partial charge in [0.25, 0.3) is 0 Å². The van der Waals surface area contributed by atoms with Crippen LogP contribution in [-0.2, 0) is 6.54 Å². The van der Waals surface area contributed by atoms with Crippen LogP contribution in [0.5, 0.6) is 5.88 Å². The molecule has 100 valence electrons. The molecule has 0 radical (unpaired) electrons. The van der Waals surface area contributed by atoms with Crippen molar-refractivity contribution in [1.82, 2.24) is 25.5 Å². The van der Waals surface area contributed by atoms with Gasteiger partial charge in [0.1, 0.15) is 5.69 Å². The van der Waals surface area contributed by atoms with Gasteiger partial charge in [-0.05, 0) is 27.0 Å². The zero-order valence-corrected chi connectivity index (χ0v) is 11.6. The normalized spacial score (nSPS) is 10.5. The Hall–Kier alpha value is -2.08. The summed E-state index contributed by atoms with van der Waals surface area (Å²) >= 11 is 0. The molecule has 0 fully saturated rings. The molecule has 0 amide bonds. The Morgan fingerprint density at radius 3 is 2.26 bits per heavy atom. The largest absolute Gasteiger partial charge is 0.480 e. The van der Waals surface area contributed by atoms with Crippen LogP contribution in [0.2, 0.25) is 0 Å². The lowest BCUT2D eigenvalue weighted by Crippen LogP contribution is -2.11. The maximum Gasteiger partial charge on any atom is 0.233 e. The molecule has 0 aromatic carbocycles. The minimum atomic E-state index is 0.476. The van der Waals surface area contributed by atoms with E-state index in [-0.39, 0.29) is 0 Å². The van der Waals surface area contributed by atoms with Gasteiger partial charge >= 0.3 is 0 Å². The molecular formula is C13H17N5O. The van der Waals surface area contributed by atoms with Gasteiger partial charge in [0.05, 0.1) is 7.11 Å². The molecule has 2 heterocycles. The fourth-order valence-electron chi connectivity index (χ4n) is 1.83. The van der Waals surface area contributed by atoms with Gasteiger partial charge in [-0.25, -0.2) is 9.97 Å². The first-order chi connectivity index (χ1) is 9.15. The fourth-order valence-corrected chi connectivity index (χ4v) is 1.83. The molecule has 0 atom stereocenters. The first-order valence-corrected chi connectivity index (χ1v) is 6.02. The van der Waals surface area contributed by atoms with Crippen LogP contribution in [0.4, 0.5) is 0 Å². The first-order valence-electron chi connectivity index (χ1n) is 6.02. The second-order valence-corrected chi connectivity index (χ2v) is 4.19. The van der Waals surface area contributed by atoms with Gasteiger partial charge < -0.3 is 10.1 Å². The van der Waals surface area contributed by atoms with Crippen LogP contribution in [0.25, 0.3) is 11.5 Å². The second kappa shape index (κ2) is 5.71. The summed E-state index contributed by atoms with van der Waals surface area (Å²) in [4.78, 5) is 8.97. The molecular weight excluding hydrogens is 242 g/mol. The number of aromatic nitrogens is 4. The summed E-state index contributed by atoms with van der Waals surface area (Å²) < 4.78 is 4.98. The highest BCUT2D eigenvalue weighted by Crippen LogP contribution is 2.17. The molecule has 0 spiro atoms. The summed E-state index contributed by atoms with van der Waals surface area (Å²) in [6, 6.07) is 3.55. The Morgan fingerprint density at radius 2 is 1.79 bits per heavy atom. The van der Waals surface area contributed by atoms with Gasteiger partial charge in [-0.1, -0.05) is 0 Å². The Balaban J connectivity index is 2.39. The maximum absolute atomic E-state index is 4.98. The molecule has 2 aromatic rings.